The summed E-state index contributed by atoms with van der Waals surface area (Å²) in [7, 11) is 0. The molecule has 0 radical (unpaired) electrons. The predicted octanol–water partition coefficient (Wildman–Crippen LogP) is 3.17. The summed E-state index contributed by atoms with van der Waals surface area (Å²) in [5.41, 5.74) is 1.37. The predicted molar refractivity (Wildman–Crippen MR) is 67.4 cm³/mol. The molecule has 7 heteroatoms. The summed E-state index contributed by atoms with van der Waals surface area (Å²) in [6.45, 7) is 4.74. The molecular formula is C13H18F4N2O. The van der Waals surface area contributed by atoms with Crippen LogP contribution in [0.25, 0.3) is 0 Å². The van der Waals surface area contributed by atoms with Crippen LogP contribution >= 0.6 is 0 Å². The Morgan fingerprint density at radius 3 is 2.50 bits per heavy atom. The molecular weight excluding hydrogens is 276 g/mol. The molecule has 20 heavy (non-hydrogen) atoms. The highest BCUT2D eigenvalue weighted by Crippen LogP contribution is 2.24. The van der Waals surface area contributed by atoms with Crippen LogP contribution in [0.1, 0.15) is 25.1 Å². The van der Waals surface area contributed by atoms with Gasteiger partial charge in [0, 0.05) is 24.3 Å². The maximum atomic E-state index is 12.8. The Kier molecular flexibility index (Phi) is 5.74. The fourth-order valence-electron chi connectivity index (χ4n) is 1.44. The summed E-state index contributed by atoms with van der Waals surface area (Å²) >= 11 is 0. The first-order valence-corrected chi connectivity index (χ1v) is 6.20. The van der Waals surface area contributed by atoms with Crippen LogP contribution < -0.4 is 10.1 Å². The molecule has 1 aromatic rings. The van der Waals surface area contributed by atoms with E-state index in [0.717, 1.165) is 5.56 Å². The molecule has 0 aromatic carbocycles. The molecule has 3 nitrogen and oxygen atoms in total. The molecule has 1 rings (SSSR count). The lowest BCUT2D eigenvalue weighted by Gasteiger charge is -2.16. The van der Waals surface area contributed by atoms with Gasteiger partial charge in [-0.05, 0) is 18.6 Å². The van der Waals surface area contributed by atoms with Crippen LogP contribution in [0.5, 0.6) is 5.88 Å². The first-order chi connectivity index (χ1) is 9.20. The van der Waals surface area contributed by atoms with Gasteiger partial charge in [0.25, 0.3) is 0 Å². The molecule has 0 saturated heterocycles. The highest BCUT2D eigenvalue weighted by atomic mass is 19.3. The van der Waals surface area contributed by atoms with E-state index in [4.69, 9.17) is 4.74 Å². The molecule has 0 fully saturated rings. The van der Waals surface area contributed by atoms with Gasteiger partial charge in [-0.2, -0.15) is 8.78 Å². The molecule has 0 amide bonds. The Morgan fingerprint density at radius 2 is 1.95 bits per heavy atom. The summed E-state index contributed by atoms with van der Waals surface area (Å²) in [6, 6.07) is 3.49. The molecule has 0 unspecified atom stereocenters. The van der Waals surface area contributed by atoms with Crippen LogP contribution in [-0.4, -0.2) is 30.0 Å². The van der Waals surface area contributed by atoms with Crippen LogP contribution in [0.2, 0.25) is 0 Å². The molecule has 1 N–H and O–H groups in total. The van der Waals surface area contributed by atoms with Crippen molar-refractivity contribution in [2.45, 2.75) is 45.7 Å². The van der Waals surface area contributed by atoms with Gasteiger partial charge in [-0.1, -0.05) is 13.8 Å². The molecule has 1 aromatic heterocycles. The molecule has 114 valence electrons. The minimum Gasteiger partial charge on any atom is -0.471 e. The summed E-state index contributed by atoms with van der Waals surface area (Å²) in [6.07, 6.45) is -3.76. The van der Waals surface area contributed by atoms with Crippen molar-refractivity contribution in [2.24, 2.45) is 0 Å². The first kappa shape index (κ1) is 16.7. The largest absolute Gasteiger partial charge is 0.471 e. The molecule has 0 atom stereocenters. The van der Waals surface area contributed by atoms with E-state index in [1.165, 1.54) is 6.07 Å². The number of alkyl halides is 4. The topological polar surface area (TPSA) is 34.1 Å². The van der Waals surface area contributed by atoms with Gasteiger partial charge in [0.05, 0.1) is 0 Å². The number of rotatable bonds is 7. The highest BCUT2D eigenvalue weighted by molar-refractivity contribution is 5.24. The van der Waals surface area contributed by atoms with Crippen LogP contribution in [0, 0.1) is 6.92 Å². The van der Waals surface area contributed by atoms with Crippen LogP contribution in [0.4, 0.5) is 17.6 Å². The second-order valence-electron chi connectivity index (χ2n) is 4.84. The van der Waals surface area contributed by atoms with Gasteiger partial charge in [-0.3, -0.25) is 0 Å². The second-order valence-corrected chi connectivity index (χ2v) is 4.84. The number of aromatic nitrogens is 1. The zero-order chi connectivity index (χ0) is 15.3. The first-order valence-electron chi connectivity index (χ1n) is 6.20. The molecule has 0 spiro atoms. The lowest BCUT2D eigenvalue weighted by Crippen LogP contribution is -2.34. The molecule has 1 heterocycles. The number of halogens is 4. The van der Waals surface area contributed by atoms with E-state index in [1.807, 2.05) is 13.8 Å². The minimum absolute atomic E-state index is 0.0779. The Hall–Kier alpha value is -1.37. The van der Waals surface area contributed by atoms with Gasteiger partial charge in [-0.25, -0.2) is 13.8 Å². The van der Waals surface area contributed by atoms with Crippen molar-refractivity contribution in [3.05, 3.63) is 23.4 Å². The van der Waals surface area contributed by atoms with E-state index in [-0.39, 0.29) is 11.9 Å². The maximum Gasteiger partial charge on any atom is 0.340 e. The third kappa shape index (κ3) is 5.32. The number of hydrogen-bond acceptors (Lipinski definition) is 3. The lowest BCUT2D eigenvalue weighted by atomic mass is 10.2. The van der Waals surface area contributed by atoms with Gasteiger partial charge in [-0.15, -0.1) is 0 Å². The third-order valence-electron chi connectivity index (χ3n) is 2.44. The zero-order valence-corrected chi connectivity index (χ0v) is 11.6. The number of ether oxygens (including phenoxy) is 1. The Labute approximate surface area is 115 Å². The van der Waals surface area contributed by atoms with Crippen molar-refractivity contribution in [1.29, 1.82) is 0 Å². The standard InChI is InChI=1S/C13H18F4N2O/c1-8(2)18-6-10-4-9(3)19-11(5-10)20-7-13(16,17)12(14)15/h4-5,8,12,18H,6-7H2,1-3H3. The number of aryl methyl sites for hydroxylation is 1. The Balaban J connectivity index is 2.71. The zero-order valence-electron chi connectivity index (χ0n) is 11.6. The van der Waals surface area contributed by atoms with E-state index >= 15 is 0 Å². The van der Waals surface area contributed by atoms with E-state index in [1.54, 1.807) is 13.0 Å². The average molecular weight is 294 g/mol. The maximum absolute atomic E-state index is 12.8. The fourth-order valence-corrected chi connectivity index (χ4v) is 1.44. The summed E-state index contributed by atoms with van der Waals surface area (Å²) in [5, 5.41) is 3.16. The summed E-state index contributed by atoms with van der Waals surface area (Å²) in [5.74, 6) is -4.26. The van der Waals surface area contributed by atoms with E-state index in [2.05, 4.69) is 10.3 Å². The second kappa shape index (κ2) is 6.88. The van der Waals surface area contributed by atoms with Crippen molar-refractivity contribution in [3.63, 3.8) is 0 Å². The van der Waals surface area contributed by atoms with Crippen molar-refractivity contribution in [3.8, 4) is 5.88 Å². The molecule has 0 aliphatic rings. The average Bonchev–Trinajstić information content (AvgIpc) is 2.33. The van der Waals surface area contributed by atoms with Gasteiger partial charge >= 0.3 is 12.3 Å². The Morgan fingerprint density at radius 1 is 1.30 bits per heavy atom. The van der Waals surface area contributed by atoms with Gasteiger partial charge in [0.2, 0.25) is 5.88 Å². The number of nitrogens with zero attached hydrogens (tertiary/aromatic N) is 1. The number of pyridine rings is 1. The molecule has 0 aliphatic carbocycles. The summed E-state index contributed by atoms with van der Waals surface area (Å²) in [4.78, 5) is 3.90. The normalized spacial score (nSPS) is 12.2. The lowest BCUT2D eigenvalue weighted by molar-refractivity contribution is -0.148. The number of nitrogens with one attached hydrogen (secondary N) is 1. The van der Waals surface area contributed by atoms with Gasteiger partial charge < -0.3 is 10.1 Å². The number of hydrogen-bond donors (Lipinski definition) is 1. The molecule has 0 aliphatic heterocycles. The fraction of sp³-hybridized carbons (Fsp3) is 0.615. The highest BCUT2D eigenvalue weighted by Gasteiger charge is 2.41. The van der Waals surface area contributed by atoms with Crippen LogP contribution in [0.3, 0.4) is 0 Å². The van der Waals surface area contributed by atoms with E-state index in [9.17, 15) is 17.6 Å². The summed E-state index contributed by atoms with van der Waals surface area (Å²) < 4.78 is 54.3. The van der Waals surface area contributed by atoms with E-state index in [0.29, 0.717) is 12.2 Å². The van der Waals surface area contributed by atoms with Gasteiger partial charge in [0.1, 0.15) is 0 Å². The molecule has 0 bridgehead atoms. The monoisotopic (exact) mass is 294 g/mol. The quantitative estimate of drug-likeness (QED) is 0.784. The third-order valence-corrected chi connectivity index (χ3v) is 2.44. The smallest absolute Gasteiger partial charge is 0.340 e. The van der Waals surface area contributed by atoms with E-state index < -0.39 is 19.0 Å². The van der Waals surface area contributed by atoms with Crippen molar-refractivity contribution in [1.82, 2.24) is 10.3 Å². The van der Waals surface area contributed by atoms with Gasteiger partial charge in [0.15, 0.2) is 6.61 Å². The van der Waals surface area contributed by atoms with Crippen LogP contribution in [0.15, 0.2) is 12.1 Å². The SMILES string of the molecule is Cc1cc(CNC(C)C)cc(OCC(F)(F)C(F)F)n1. The van der Waals surface area contributed by atoms with Crippen LogP contribution in [-0.2, 0) is 6.54 Å². The minimum atomic E-state index is -4.18. The Bertz CT molecular complexity index is 438. The van der Waals surface area contributed by atoms with Crippen molar-refractivity contribution < 1.29 is 22.3 Å². The molecule has 0 saturated carbocycles. The van der Waals surface area contributed by atoms with Crippen molar-refractivity contribution >= 4 is 0 Å². The van der Waals surface area contributed by atoms with Crippen molar-refractivity contribution in [2.75, 3.05) is 6.61 Å².